The predicted octanol–water partition coefficient (Wildman–Crippen LogP) is 1.71. The van der Waals surface area contributed by atoms with Crippen molar-refractivity contribution in [1.29, 1.82) is 0 Å². The Morgan fingerprint density at radius 1 is 0.973 bits per heavy atom. The van der Waals surface area contributed by atoms with Gasteiger partial charge in [0.25, 0.3) is 0 Å². The lowest BCUT2D eigenvalue weighted by molar-refractivity contribution is -0.211. The van der Waals surface area contributed by atoms with Crippen LogP contribution in [0.25, 0.3) is 11.4 Å². The number of nitrogens with one attached hydrogen (secondary N) is 1. The minimum absolute atomic E-state index is 0.273. The van der Waals surface area contributed by atoms with Crippen LogP contribution in [0.3, 0.4) is 0 Å². The zero-order valence-electron chi connectivity index (χ0n) is 21.2. The standard InChI is InChI=1S/C24H30N4O8S/c1-6-28-22(17-10-8-7-9-11-17)26-27-24(28)37-23-19(25-13(2)29)21(35-16(5)32)20(34-15(4)31)18(36-23)12-33-14(3)30/h7-11,18-21,23H,6,12H2,1-5H3,(H,25,29)/t18-,19-,20+,21-,23+/m0/s1. The first kappa shape index (κ1) is 28.1. The number of amides is 1. The first-order valence-corrected chi connectivity index (χ1v) is 12.5. The third kappa shape index (κ3) is 7.29. The van der Waals surface area contributed by atoms with E-state index in [4.69, 9.17) is 18.9 Å². The maximum Gasteiger partial charge on any atom is 0.303 e. The van der Waals surface area contributed by atoms with Crippen molar-refractivity contribution in [3.8, 4) is 11.4 Å². The third-order valence-electron chi connectivity index (χ3n) is 5.36. The summed E-state index contributed by atoms with van der Waals surface area (Å²) in [4.78, 5) is 47.6. The highest BCUT2D eigenvalue weighted by Gasteiger charge is 2.51. The van der Waals surface area contributed by atoms with Crippen molar-refractivity contribution in [3.63, 3.8) is 0 Å². The van der Waals surface area contributed by atoms with Crippen LogP contribution in [0, 0.1) is 0 Å². The minimum atomic E-state index is -1.15. The summed E-state index contributed by atoms with van der Waals surface area (Å²) in [5, 5.41) is 11.9. The van der Waals surface area contributed by atoms with Crippen LogP contribution in [0.1, 0.15) is 34.6 Å². The van der Waals surface area contributed by atoms with Crippen molar-refractivity contribution in [3.05, 3.63) is 30.3 Å². The van der Waals surface area contributed by atoms with Gasteiger partial charge in [-0.05, 0) is 6.92 Å². The Labute approximate surface area is 218 Å². The van der Waals surface area contributed by atoms with E-state index in [9.17, 15) is 19.2 Å². The number of carbonyl (C=O) groups is 4. The normalized spacial score (nSPS) is 23.1. The molecule has 3 rings (SSSR count). The van der Waals surface area contributed by atoms with Crippen LogP contribution < -0.4 is 5.32 Å². The summed E-state index contributed by atoms with van der Waals surface area (Å²) in [6, 6.07) is 8.58. The number of hydrogen-bond acceptors (Lipinski definition) is 11. The molecule has 1 fully saturated rings. The van der Waals surface area contributed by atoms with E-state index in [1.54, 1.807) is 0 Å². The summed E-state index contributed by atoms with van der Waals surface area (Å²) in [6.45, 7) is 7.14. The fourth-order valence-corrected chi connectivity index (χ4v) is 5.16. The van der Waals surface area contributed by atoms with Gasteiger partial charge in [0.1, 0.15) is 24.2 Å². The smallest absolute Gasteiger partial charge is 0.303 e. The molecule has 5 atom stereocenters. The van der Waals surface area contributed by atoms with E-state index in [1.807, 2.05) is 41.8 Å². The molecule has 0 bridgehead atoms. The summed E-state index contributed by atoms with van der Waals surface area (Å²) >= 11 is 1.15. The molecule has 1 N–H and O–H groups in total. The van der Waals surface area contributed by atoms with Crippen LogP contribution in [-0.2, 0) is 44.7 Å². The molecule has 1 saturated heterocycles. The minimum Gasteiger partial charge on any atom is -0.463 e. The monoisotopic (exact) mass is 534 g/mol. The molecule has 0 spiro atoms. The van der Waals surface area contributed by atoms with Gasteiger partial charge < -0.3 is 28.8 Å². The molecule has 1 aliphatic rings. The summed E-state index contributed by atoms with van der Waals surface area (Å²) in [5.41, 5.74) is -0.00846. The van der Waals surface area contributed by atoms with Gasteiger partial charge in [-0.3, -0.25) is 19.2 Å². The Morgan fingerprint density at radius 3 is 2.19 bits per heavy atom. The van der Waals surface area contributed by atoms with Crippen LogP contribution in [0.4, 0.5) is 0 Å². The molecule has 2 heterocycles. The summed E-state index contributed by atoms with van der Waals surface area (Å²) in [6.07, 6.45) is -3.28. The van der Waals surface area contributed by atoms with E-state index in [1.165, 1.54) is 27.7 Å². The fourth-order valence-electron chi connectivity index (χ4n) is 3.96. The number of aromatic nitrogens is 3. The molecule has 13 heteroatoms. The largest absolute Gasteiger partial charge is 0.463 e. The molecule has 1 amide bonds. The van der Waals surface area contributed by atoms with Gasteiger partial charge >= 0.3 is 17.9 Å². The molecule has 1 aromatic heterocycles. The highest BCUT2D eigenvalue weighted by Crippen LogP contribution is 2.36. The predicted molar refractivity (Wildman–Crippen MR) is 131 cm³/mol. The highest BCUT2D eigenvalue weighted by atomic mass is 32.2. The highest BCUT2D eigenvalue weighted by molar-refractivity contribution is 7.99. The number of thioether (sulfide) groups is 1. The number of ether oxygens (including phenoxy) is 4. The van der Waals surface area contributed by atoms with Crippen LogP contribution in [-0.4, -0.2) is 75.0 Å². The zero-order valence-corrected chi connectivity index (χ0v) is 22.0. The Bertz CT molecular complexity index is 1130. The summed E-state index contributed by atoms with van der Waals surface area (Å²) in [7, 11) is 0. The first-order valence-electron chi connectivity index (χ1n) is 11.7. The zero-order chi connectivity index (χ0) is 27.1. The van der Waals surface area contributed by atoms with E-state index >= 15 is 0 Å². The molecule has 12 nitrogen and oxygen atoms in total. The van der Waals surface area contributed by atoms with Gasteiger partial charge in [-0.25, -0.2) is 0 Å². The molecule has 2 aromatic rings. The molecule has 37 heavy (non-hydrogen) atoms. The Kier molecular flexibility index (Phi) is 9.64. The number of hydrogen-bond donors (Lipinski definition) is 1. The van der Waals surface area contributed by atoms with Crippen LogP contribution >= 0.6 is 11.8 Å². The number of esters is 3. The van der Waals surface area contributed by atoms with Crippen molar-refractivity contribution in [2.45, 2.75) is 76.1 Å². The lowest BCUT2D eigenvalue weighted by Crippen LogP contribution is -2.65. The molecular formula is C24H30N4O8S. The number of benzene rings is 1. The van der Waals surface area contributed by atoms with Gasteiger partial charge in [0.15, 0.2) is 23.2 Å². The van der Waals surface area contributed by atoms with Crippen molar-refractivity contribution < 1.29 is 38.1 Å². The van der Waals surface area contributed by atoms with Gasteiger partial charge in [-0.2, -0.15) is 0 Å². The quantitative estimate of drug-likeness (QED) is 0.370. The second-order valence-electron chi connectivity index (χ2n) is 8.25. The average molecular weight is 535 g/mol. The molecule has 0 aliphatic carbocycles. The van der Waals surface area contributed by atoms with Crippen LogP contribution in [0.2, 0.25) is 0 Å². The van der Waals surface area contributed by atoms with Crippen LogP contribution in [0.15, 0.2) is 35.5 Å². The third-order valence-corrected chi connectivity index (χ3v) is 6.51. The molecule has 0 unspecified atom stereocenters. The van der Waals surface area contributed by atoms with E-state index in [-0.39, 0.29) is 6.61 Å². The first-order chi connectivity index (χ1) is 17.6. The van der Waals surface area contributed by atoms with Crippen LogP contribution in [0.5, 0.6) is 0 Å². The van der Waals surface area contributed by atoms with E-state index < -0.39 is 53.6 Å². The Morgan fingerprint density at radius 2 is 1.62 bits per heavy atom. The van der Waals surface area contributed by atoms with E-state index in [0.717, 1.165) is 17.3 Å². The topological polar surface area (TPSA) is 148 Å². The molecule has 0 radical (unpaired) electrons. The maximum absolute atomic E-state index is 12.2. The van der Waals surface area contributed by atoms with Gasteiger partial charge in [-0.15, -0.1) is 10.2 Å². The van der Waals surface area contributed by atoms with E-state index in [2.05, 4.69) is 15.5 Å². The summed E-state index contributed by atoms with van der Waals surface area (Å²) in [5.74, 6) is -1.66. The Hall–Kier alpha value is -3.45. The molecule has 200 valence electrons. The molecular weight excluding hydrogens is 504 g/mol. The van der Waals surface area contributed by atoms with Gasteiger partial charge in [0, 0.05) is 39.8 Å². The van der Waals surface area contributed by atoms with E-state index in [0.29, 0.717) is 17.5 Å². The second kappa shape index (κ2) is 12.7. The number of nitrogens with zero attached hydrogens (tertiary/aromatic N) is 3. The fraction of sp³-hybridized carbons (Fsp3) is 0.500. The van der Waals surface area contributed by atoms with Gasteiger partial charge in [0.2, 0.25) is 5.91 Å². The van der Waals surface area contributed by atoms with Crippen molar-refractivity contribution in [2.75, 3.05) is 6.61 Å². The second-order valence-corrected chi connectivity index (χ2v) is 9.32. The van der Waals surface area contributed by atoms with Crippen molar-refractivity contribution >= 4 is 35.6 Å². The Balaban J connectivity index is 2.02. The van der Waals surface area contributed by atoms with Crippen molar-refractivity contribution in [2.24, 2.45) is 0 Å². The average Bonchev–Trinajstić information content (AvgIpc) is 3.23. The van der Waals surface area contributed by atoms with Crippen molar-refractivity contribution in [1.82, 2.24) is 20.1 Å². The lowest BCUT2D eigenvalue weighted by Gasteiger charge is -2.44. The SMILES string of the molecule is CCn1c(S[C@H]2O[C@@H](COC(C)=O)[C@@H](OC(C)=O)[C@@H](OC(C)=O)[C@@H]2NC(C)=O)nnc1-c1ccccc1. The molecule has 0 saturated carbocycles. The maximum atomic E-state index is 12.2. The lowest BCUT2D eigenvalue weighted by atomic mass is 9.97. The number of rotatable bonds is 9. The van der Waals surface area contributed by atoms with Gasteiger partial charge in [0.05, 0.1) is 0 Å². The summed E-state index contributed by atoms with van der Waals surface area (Å²) < 4.78 is 24.2. The molecule has 1 aromatic carbocycles. The molecule has 1 aliphatic heterocycles. The van der Waals surface area contributed by atoms with Gasteiger partial charge in [-0.1, -0.05) is 42.1 Å². The number of carbonyl (C=O) groups excluding carboxylic acids is 4.